The minimum absolute atomic E-state index is 0.230. The van der Waals surface area contributed by atoms with E-state index >= 15 is 0 Å². The molecule has 1 N–H and O–H groups in total. The number of amides is 1. The lowest BCUT2D eigenvalue weighted by Gasteiger charge is -2.14. The van der Waals surface area contributed by atoms with Gasteiger partial charge in [-0.15, -0.1) is 0 Å². The second kappa shape index (κ2) is 9.52. The van der Waals surface area contributed by atoms with Gasteiger partial charge in [0.2, 0.25) is 0 Å². The van der Waals surface area contributed by atoms with E-state index in [0.29, 0.717) is 39.5 Å². The first-order valence-electron chi connectivity index (χ1n) is 11.0. The summed E-state index contributed by atoms with van der Waals surface area (Å²) in [7, 11) is 0. The van der Waals surface area contributed by atoms with Gasteiger partial charge in [0, 0.05) is 6.20 Å². The molecule has 0 bridgehead atoms. The van der Waals surface area contributed by atoms with Gasteiger partial charge in [0.1, 0.15) is 21.5 Å². The van der Waals surface area contributed by atoms with Crippen LogP contribution in [0.3, 0.4) is 0 Å². The third-order valence-corrected chi connectivity index (χ3v) is 7.08. The van der Waals surface area contributed by atoms with Gasteiger partial charge in [0.25, 0.3) is 11.5 Å². The topological polar surface area (TPSA) is 79.8 Å². The predicted octanol–water partition coefficient (Wildman–Crippen LogP) is 4.92. The largest absolute Gasteiger partial charge is 0.467 e. The zero-order valence-corrected chi connectivity index (χ0v) is 20.8. The van der Waals surface area contributed by atoms with Gasteiger partial charge in [-0.2, -0.15) is 0 Å². The molecule has 0 aliphatic carbocycles. The van der Waals surface area contributed by atoms with Gasteiger partial charge in [0.15, 0.2) is 0 Å². The van der Waals surface area contributed by atoms with Crippen LogP contribution in [-0.2, 0) is 17.9 Å². The minimum Gasteiger partial charge on any atom is -0.467 e. The molecule has 9 heteroatoms. The number of thiocarbonyl (C=S) groups is 1. The first kappa shape index (κ1) is 23.1. The van der Waals surface area contributed by atoms with Crippen molar-refractivity contribution in [2.45, 2.75) is 26.9 Å². The average molecular weight is 503 g/mol. The molecule has 0 radical (unpaired) electrons. The summed E-state index contributed by atoms with van der Waals surface area (Å²) < 4.78 is 7.36. The molecule has 5 rings (SSSR count). The SMILES string of the molecule is Cc1ccc(CN2C(=O)C(=Cc3c(NCc4ccco4)nc4c(C)cccn4c3=O)SC2=S)cc1. The summed E-state index contributed by atoms with van der Waals surface area (Å²) in [5.41, 5.74) is 3.55. The smallest absolute Gasteiger partial charge is 0.267 e. The van der Waals surface area contributed by atoms with Crippen LogP contribution in [-0.4, -0.2) is 24.5 Å². The lowest BCUT2D eigenvalue weighted by molar-refractivity contribution is -0.122. The molecule has 0 unspecified atom stereocenters. The number of hydrogen-bond acceptors (Lipinski definition) is 7. The second-order valence-electron chi connectivity index (χ2n) is 8.25. The van der Waals surface area contributed by atoms with Gasteiger partial charge in [-0.1, -0.05) is 59.9 Å². The van der Waals surface area contributed by atoms with Crippen molar-refractivity contribution in [3.05, 3.63) is 104 Å². The molecule has 0 saturated carbocycles. The average Bonchev–Trinajstić information content (AvgIpc) is 3.45. The van der Waals surface area contributed by atoms with Crippen LogP contribution in [0, 0.1) is 13.8 Å². The number of aromatic nitrogens is 2. The Morgan fingerprint density at radius 3 is 2.66 bits per heavy atom. The Kier molecular flexibility index (Phi) is 6.27. The van der Waals surface area contributed by atoms with Crippen LogP contribution in [0.25, 0.3) is 11.7 Å². The number of rotatable bonds is 6. The number of hydrogen-bond donors (Lipinski definition) is 1. The van der Waals surface area contributed by atoms with Crippen molar-refractivity contribution in [3.8, 4) is 0 Å². The maximum absolute atomic E-state index is 13.5. The van der Waals surface area contributed by atoms with Gasteiger partial charge in [0.05, 0.1) is 29.8 Å². The molecule has 1 aromatic carbocycles. The predicted molar refractivity (Wildman–Crippen MR) is 142 cm³/mol. The zero-order chi connectivity index (χ0) is 24.5. The highest BCUT2D eigenvalue weighted by Gasteiger charge is 2.32. The molecule has 4 aromatic rings. The molecule has 35 heavy (non-hydrogen) atoms. The molecule has 176 valence electrons. The van der Waals surface area contributed by atoms with Crippen molar-refractivity contribution in [1.82, 2.24) is 14.3 Å². The van der Waals surface area contributed by atoms with Gasteiger partial charge in [-0.25, -0.2) is 4.98 Å². The summed E-state index contributed by atoms with van der Waals surface area (Å²) >= 11 is 6.69. The molecule has 0 atom stereocenters. The van der Waals surface area contributed by atoms with Crippen LogP contribution in [0.15, 0.2) is 75.1 Å². The van der Waals surface area contributed by atoms with Gasteiger partial charge in [-0.05, 0) is 49.2 Å². The van der Waals surface area contributed by atoms with Crippen LogP contribution in [0.5, 0.6) is 0 Å². The van der Waals surface area contributed by atoms with E-state index in [0.717, 1.165) is 16.7 Å². The summed E-state index contributed by atoms with van der Waals surface area (Å²) in [5, 5.41) is 3.20. The summed E-state index contributed by atoms with van der Waals surface area (Å²) in [6, 6.07) is 15.3. The Morgan fingerprint density at radius 2 is 1.91 bits per heavy atom. The number of nitrogens with one attached hydrogen (secondary N) is 1. The number of carbonyl (C=O) groups excluding carboxylic acids is 1. The molecular formula is C26H22N4O3S2. The highest BCUT2D eigenvalue weighted by Crippen LogP contribution is 2.34. The quantitative estimate of drug-likeness (QED) is 0.296. The standard InChI is InChI=1S/C26H22N4O3S2/c1-16-7-9-18(10-8-16)15-30-25(32)21(35-26(30)34)13-20-22(27-14-19-6-4-12-33-19)28-23-17(2)5-3-11-29(23)24(20)31/h3-13,27H,14-15H2,1-2H3. The number of anilines is 1. The van der Waals surface area contributed by atoms with E-state index < -0.39 is 0 Å². The van der Waals surface area contributed by atoms with Gasteiger partial charge < -0.3 is 9.73 Å². The van der Waals surface area contributed by atoms with E-state index in [2.05, 4.69) is 5.32 Å². The van der Waals surface area contributed by atoms with Crippen molar-refractivity contribution in [1.29, 1.82) is 0 Å². The lowest BCUT2D eigenvalue weighted by atomic mass is 10.1. The third kappa shape index (κ3) is 4.65. The Balaban J connectivity index is 1.53. The normalized spacial score (nSPS) is 14.9. The van der Waals surface area contributed by atoms with Crippen LogP contribution >= 0.6 is 24.0 Å². The van der Waals surface area contributed by atoms with Gasteiger partial charge >= 0.3 is 0 Å². The maximum atomic E-state index is 13.5. The molecular weight excluding hydrogens is 480 g/mol. The van der Waals surface area contributed by atoms with Crippen LogP contribution in [0.4, 0.5) is 5.82 Å². The molecule has 1 aliphatic heterocycles. The minimum atomic E-state index is -0.274. The monoisotopic (exact) mass is 502 g/mol. The van der Waals surface area contributed by atoms with E-state index in [1.165, 1.54) is 16.2 Å². The number of fused-ring (bicyclic) bond motifs is 1. The van der Waals surface area contributed by atoms with E-state index in [1.807, 2.05) is 50.2 Å². The Morgan fingerprint density at radius 1 is 1.11 bits per heavy atom. The fourth-order valence-corrected chi connectivity index (χ4v) is 5.04. The van der Waals surface area contributed by atoms with E-state index in [4.69, 9.17) is 21.6 Å². The van der Waals surface area contributed by atoms with Crippen molar-refractivity contribution in [2.24, 2.45) is 0 Å². The number of furan rings is 1. The van der Waals surface area contributed by atoms with Crippen molar-refractivity contribution in [3.63, 3.8) is 0 Å². The fourth-order valence-electron chi connectivity index (χ4n) is 3.80. The highest BCUT2D eigenvalue weighted by molar-refractivity contribution is 8.26. The van der Waals surface area contributed by atoms with E-state index in [1.54, 1.807) is 35.6 Å². The number of aryl methyl sites for hydroxylation is 2. The number of benzene rings is 1. The van der Waals surface area contributed by atoms with Crippen LogP contribution in [0.1, 0.15) is 28.0 Å². The lowest BCUT2D eigenvalue weighted by Crippen LogP contribution is -2.27. The molecule has 1 fully saturated rings. The molecule has 3 aromatic heterocycles. The Hall–Kier alpha value is -3.69. The van der Waals surface area contributed by atoms with Crippen molar-refractivity contribution < 1.29 is 9.21 Å². The summed E-state index contributed by atoms with van der Waals surface area (Å²) in [5.74, 6) is 0.850. The Bertz CT molecular complexity index is 1520. The summed E-state index contributed by atoms with van der Waals surface area (Å²) in [4.78, 5) is 33.4. The summed E-state index contributed by atoms with van der Waals surface area (Å²) in [6.07, 6.45) is 4.85. The number of thioether (sulfide) groups is 1. The molecule has 1 saturated heterocycles. The first-order valence-corrected chi connectivity index (χ1v) is 12.2. The number of nitrogens with zero attached hydrogens (tertiary/aromatic N) is 3. The molecule has 1 aliphatic rings. The second-order valence-corrected chi connectivity index (χ2v) is 9.93. The molecule has 1 amide bonds. The molecule has 7 nitrogen and oxygen atoms in total. The first-order chi connectivity index (χ1) is 16.9. The molecule has 0 spiro atoms. The van der Waals surface area contributed by atoms with E-state index in [9.17, 15) is 9.59 Å². The zero-order valence-electron chi connectivity index (χ0n) is 19.1. The molecule has 4 heterocycles. The fraction of sp³-hybridized carbons (Fsp3) is 0.154. The summed E-state index contributed by atoms with van der Waals surface area (Å²) in [6.45, 7) is 4.63. The highest BCUT2D eigenvalue weighted by atomic mass is 32.2. The van der Waals surface area contributed by atoms with E-state index in [-0.39, 0.29) is 17.0 Å². The number of carbonyl (C=O) groups is 1. The maximum Gasteiger partial charge on any atom is 0.267 e. The van der Waals surface area contributed by atoms with Crippen LogP contribution < -0.4 is 10.9 Å². The van der Waals surface area contributed by atoms with Crippen molar-refractivity contribution in [2.75, 3.05) is 5.32 Å². The van der Waals surface area contributed by atoms with Crippen molar-refractivity contribution >= 4 is 51.7 Å². The van der Waals surface area contributed by atoms with Gasteiger partial charge in [-0.3, -0.25) is 18.9 Å². The number of pyridine rings is 1. The van der Waals surface area contributed by atoms with Crippen LogP contribution in [0.2, 0.25) is 0 Å². The Labute approximate surface area is 211 Å². The third-order valence-electron chi connectivity index (χ3n) is 5.70.